The smallest absolute Gasteiger partial charge is 0.317 e. The molecule has 0 saturated heterocycles. The zero-order chi connectivity index (χ0) is 19.6. The summed E-state index contributed by atoms with van der Waals surface area (Å²) in [7, 11) is 3.80. The van der Waals surface area contributed by atoms with Gasteiger partial charge in [-0.2, -0.15) is 0 Å². The average Bonchev–Trinajstić information content (AvgIpc) is 2.61. The van der Waals surface area contributed by atoms with Crippen LogP contribution in [0.5, 0.6) is 0 Å². The van der Waals surface area contributed by atoms with Crippen LogP contribution in [0.4, 0.5) is 5.82 Å². The highest BCUT2D eigenvalue weighted by Crippen LogP contribution is 2.27. The second-order valence-corrected chi connectivity index (χ2v) is 7.19. The molecular weight excluding hydrogens is 344 g/mol. The van der Waals surface area contributed by atoms with Crippen molar-refractivity contribution in [2.24, 2.45) is 0 Å². The van der Waals surface area contributed by atoms with Crippen molar-refractivity contribution in [1.29, 1.82) is 0 Å². The number of nitrogens with zero attached hydrogens (tertiary/aromatic N) is 3. The van der Waals surface area contributed by atoms with E-state index in [0.29, 0.717) is 12.1 Å². The van der Waals surface area contributed by atoms with Crippen molar-refractivity contribution < 1.29 is 14.7 Å². The molecule has 0 unspecified atom stereocenters. The first kappa shape index (κ1) is 19.1. The number of likely N-dealkylation sites (N-methyl/N-ethyl adjacent to an activating group) is 1. The second-order valence-electron chi connectivity index (χ2n) is 7.19. The number of para-hydroxylation sites is 1. The van der Waals surface area contributed by atoms with E-state index in [4.69, 9.17) is 5.11 Å². The van der Waals surface area contributed by atoms with E-state index in [1.165, 1.54) is 0 Å². The number of fused-ring (bicyclic) bond motifs is 1. The number of hydrogen-bond acceptors (Lipinski definition) is 5. The highest BCUT2D eigenvalue weighted by molar-refractivity contribution is 6.07. The standard InChI is InChI=1S/C20H26N4O3/c1-4-24(12-19(25)26)14-9-13(10-14)21-20(27)16-11-18(23(2)3)22-17-8-6-5-7-15(16)17/h5-8,11,13-14H,4,9-10,12H2,1-3H3,(H,21,27)(H,25,26). The van der Waals surface area contributed by atoms with Crippen LogP contribution in [0, 0.1) is 0 Å². The van der Waals surface area contributed by atoms with Crippen LogP contribution in [0.15, 0.2) is 30.3 Å². The minimum absolute atomic E-state index is 0.0447. The number of hydrogen-bond donors (Lipinski definition) is 2. The predicted molar refractivity (Wildman–Crippen MR) is 105 cm³/mol. The van der Waals surface area contributed by atoms with Gasteiger partial charge in [0, 0.05) is 31.6 Å². The van der Waals surface area contributed by atoms with E-state index in [1.54, 1.807) is 0 Å². The van der Waals surface area contributed by atoms with Crippen LogP contribution in [0.1, 0.15) is 30.1 Å². The third-order valence-corrected chi connectivity index (χ3v) is 5.11. The Balaban J connectivity index is 1.71. The average molecular weight is 370 g/mol. The number of carbonyl (C=O) groups excluding carboxylic acids is 1. The maximum atomic E-state index is 12.9. The summed E-state index contributed by atoms with van der Waals surface area (Å²) in [6.45, 7) is 2.70. The topological polar surface area (TPSA) is 85.8 Å². The van der Waals surface area contributed by atoms with Crippen molar-refractivity contribution in [3.8, 4) is 0 Å². The lowest BCUT2D eigenvalue weighted by Crippen LogP contribution is -2.54. The third kappa shape index (κ3) is 4.19. The number of benzene rings is 1. The highest BCUT2D eigenvalue weighted by Gasteiger charge is 2.35. The van der Waals surface area contributed by atoms with Gasteiger partial charge in [-0.3, -0.25) is 14.5 Å². The van der Waals surface area contributed by atoms with Crippen molar-refractivity contribution in [2.45, 2.75) is 31.8 Å². The number of pyridine rings is 1. The Morgan fingerprint density at radius 3 is 2.59 bits per heavy atom. The van der Waals surface area contributed by atoms with Crippen molar-refractivity contribution >= 4 is 28.6 Å². The number of aromatic nitrogens is 1. The maximum absolute atomic E-state index is 12.9. The van der Waals surface area contributed by atoms with Gasteiger partial charge in [0.1, 0.15) is 5.82 Å². The maximum Gasteiger partial charge on any atom is 0.317 e. The van der Waals surface area contributed by atoms with Crippen molar-refractivity contribution in [2.75, 3.05) is 32.1 Å². The molecule has 1 fully saturated rings. The molecule has 1 aliphatic rings. The molecule has 2 aromatic rings. The van der Waals surface area contributed by atoms with Crippen LogP contribution in [-0.2, 0) is 4.79 Å². The second kappa shape index (κ2) is 7.92. The van der Waals surface area contributed by atoms with E-state index in [9.17, 15) is 9.59 Å². The van der Waals surface area contributed by atoms with Gasteiger partial charge in [-0.1, -0.05) is 25.1 Å². The van der Waals surface area contributed by atoms with Crippen LogP contribution in [0.3, 0.4) is 0 Å². The van der Waals surface area contributed by atoms with Gasteiger partial charge in [-0.25, -0.2) is 4.98 Å². The van der Waals surface area contributed by atoms with E-state index in [2.05, 4.69) is 10.3 Å². The number of carboxylic acids is 1. The largest absolute Gasteiger partial charge is 0.480 e. The monoisotopic (exact) mass is 370 g/mol. The number of rotatable bonds is 7. The summed E-state index contributed by atoms with van der Waals surface area (Å²) < 4.78 is 0. The quantitative estimate of drug-likeness (QED) is 0.775. The summed E-state index contributed by atoms with van der Waals surface area (Å²) in [6, 6.07) is 9.73. The van der Waals surface area contributed by atoms with Gasteiger partial charge in [0.25, 0.3) is 5.91 Å². The molecule has 0 radical (unpaired) electrons. The van der Waals surface area contributed by atoms with E-state index >= 15 is 0 Å². The zero-order valence-electron chi connectivity index (χ0n) is 16.0. The van der Waals surface area contributed by atoms with Gasteiger partial charge in [-0.05, 0) is 31.5 Å². The molecule has 0 bridgehead atoms. The number of carbonyl (C=O) groups is 2. The molecule has 27 heavy (non-hydrogen) atoms. The van der Waals surface area contributed by atoms with Crippen molar-refractivity contribution in [3.63, 3.8) is 0 Å². The molecular formula is C20H26N4O3. The fourth-order valence-electron chi connectivity index (χ4n) is 3.52. The molecule has 1 aromatic heterocycles. The molecule has 7 heteroatoms. The lowest BCUT2D eigenvalue weighted by atomic mass is 9.85. The SMILES string of the molecule is CCN(CC(=O)O)C1CC(NC(=O)c2cc(N(C)C)nc3ccccc23)C1. The van der Waals surface area contributed by atoms with E-state index in [0.717, 1.165) is 29.6 Å². The van der Waals surface area contributed by atoms with E-state index in [-0.39, 0.29) is 24.5 Å². The molecule has 1 amide bonds. The third-order valence-electron chi connectivity index (χ3n) is 5.11. The molecule has 1 heterocycles. The molecule has 1 aliphatic carbocycles. The Hall–Kier alpha value is -2.67. The lowest BCUT2D eigenvalue weighted by Gasteiger charge is -2.42. The number of nitrogens with one attached hydrogen (secondary N) is 1. The summed E-state index contributed by atoms with van der Waals surface area (Å²) >= 11 is 0. The van der Waals surface area contributed by atoms with Crippen molar-refractivity contribution in [3.05, 3.63) is 35.9 Å². The summed E-state index contributed by atoms with van der Waals surface area (Å²) in [5, 5.41) is 12.9. The van der Waals surface area contributed by atoms with Gasteiger partial charge in [0.05, 0.1) is 17.6 Å². The van der Waals surface area contributed by atoms with Gasteiger partial charge >= 0.3 is 5.97 Å². The molecule has 0 atom stereocenters. The number of amides is 1. The Morgan fingerprint density at radius 2 is 1.96 bits per heavy atom. The van der Waals surface area contributed by atoms with Crippen molar-refractivity contribution in [1.82, 2.24) is 15.2 Å². The first-order valence-electron chi connectivity index (χ1n) is 9.22. The van der Waals surface area contributed by atoms with E-state index < -0.39 is 5.97 Å². The molecule has 2 N–H and O–H groups in total. The van der Waals surface area contributed by atoms with Crippen LogP contribution in [0.25, 0.3) is 10.9 Å². The minimum Gasteiger partial charge on any atom is -0.480 e. The Labute approximate surface area is 159 Å². The Bertz CT molecular complexity index is 846. The predicted octanol–water partition coefficient (Wildman–Crippen LogP) is 1.97. The van der Waals surface area contributed by atoms with Gasteiger partial charge < -0.3 is 15.3 Å². The Morgan fingerprint density at radius 1 is 1.26 bits per heavy atom. The van der Waals surface area contributed by atoms with E-state index in [1.807, 2.05) is 61.2 Å². The van der Waals surface area contributed by atoms with Crippen LogP contribution in [0.2, 0.25) is 0 Å². The van der Waals surface area contributed by atoms with Crippen LogP contribution >= 0.6 is 0 Å². The highest BCUT2D eigenvalue weighted by atomic mass is 16.4. The normalized spacial score (nSPS) is 19.0. The minimum atomic E-state index is -0.816. The summed E-state index contributed by atoms with van der Waals surface area (Å²) in [6.07, 6.45) is 1.55. The summed E-state index contributed by atoms with van der Waals surface area (Å²) in [5.74, 6) is -0.186. The molecule has 7 nitrogen and oxygen atoms in total. The first-order chi connectivity index (χ1) is 12.9. The van der Waals surface area contributed by atoms with Crippen LogP contribution < -0.4 is 10.2 Å². The summed E-state index contributed by atoms with van der Waals surface area (Å²) in [5.41, 5.74) is 1.41. The molecule has 1 aromatic carbocycles. The molecule has 1 saturated carbocycles. The Kier molecular flexibility index (Phi) is 5.60. The number of aliphatic carboxylic acids is 1. The molecule has 0 aliphatic heterocycles. The zero-order valence-corrected chi connectivity index (χ0v) is 16.0. The van der Waals surface area contributed by atoms with Gasteiger partial charge in [-0.15, -0.1) is 0 Å². The molecule has 3 rings (SSSR count). The van der Waals surface area contributed by atoms with Gasteiger partial charge in [0.15, 0.2) is 0 Å². The number of carboxylic acid groups (broad SMARTS) is 1. The lowest BCUT2D eigenvalue weighted by molar-refractivity contribution is -0.139. The number of anilines is 1. The fourth-order valence-corrected chi connectivity index (χ4v) is 3.52. The first-order valence-corrected chi connectivity index (χ1v) is 9.22. The van der Waals surface area contributed by atoms with Crippen LogP contribution in [-0.4, -0.2) is 66.1 Å². The fraction of sp³-hybridized carbons (Fsp3) is 0.450. The van der Waals surface area contributed by atoms with Gasteiger partial charge in [0.2, 0.25) is 0 Å². The molecule has 144 valence electrons. The molecule has 0 spiro atoms. The summed E-state index contributed by atoms with van der Waals surface area (Å²) in [4.78, 5) is 32.3.